The fourth-order valence-corrected chi connectivity index (χ4v) is 3.23. The van der Waals surface area contributed by atoms with Crippen LogP contribution in [-0.4, -0.2) is 37.9 Å². The van der Waals surface area contributed by atoms with E-state index in [0.717, 1.165) is 19.9 Å². The van der Waals surface area contributed by atoms with Crippen LogP contribution in [0.3, 0.4) is 0 Å². The molecule has 3 aromatic rings. The molecule has 3 heterocycles. The first-order valence-corrected chi connectivity index (χ1v) is 10.6. The minimum atomic E-state index is -4.55. The van der Waals surface area contributed by atoms with Crippen molar-refractivity contribution in [1.29, 1.82) is 0 Å². The summed E-state index contributed by atoms with van der Waals surface area (Å²) in [6.45, 7) is 7.19. The summed E-state index contributed by atoms with van der Waals surface area (Å²) in [6, 6.07) is 4.10. The van der Waals surface area contributed by atoms with Crippen LogP contribution in [0.2, 0.25) is 0 Å². The Morgan fingerprint density at radius 3 is 2.34 bits per heavy atom. The van der Waals surface area contributed by atoms with Crippen molar-refractivity contribution in [2.45, 2.75) is 58.2 Å². The third-order valence-electron chi connectivity index (χ3n) is 5.69. The highest BCUT2D eigenvalue weighted by molar-refractivity contribution is 6.03. The van der Waals surface area contributed by atoms with Crippen molar-refractivity contribution in [3.63, 3.8) is 0 Å². The number of halogens is 3. The van der Waals surface area contributed by atoms with Gasteiger partial charge in [0.25, 0.3) is 5.91 Å². The molecular weight excluding hydrogens is 467 g/mol. The van der Waals surface area contributed by atoms with Crippen LogP contribution in [0.25, 0.3) is 11.3 Å². The summed E-state index contributed by atoms with van der Waals surface area (Å²) in [6.07, 6.45) is -3.12. The zero-order chi connectivity index (χ0) is 26.3. The molecule has 35 heavy (non-hydrogen) atoms. The van der Waals surface area contributed by atoms with Crippen LogP contribution in [-0.2, 0) is 10.2 Å². The van der Waals surface area contributed by atoms with Crippen LogP contribution in [0.1, 0.15) is 68.3 Å². The van der Waals surface area contributed by atoms with Gasteiger partial charge in [-0.25, -0.2) is 4.68 Å². The first kappa shape index (κ1) is 25.7. The van der Waals surface area contributed by atoms with Gasteiger partial charge in [0, 0.05) is 23.9 Å². The van der Waals surface area contributed by atoms with E-state index in [9.17, 15) is 22.8 Å². The summed E-state index contributed by atoms with van der Waals surface area (Å²) in [5.74, 6) is -2.17. The number of primary amides is 1. The number of hydrogen-bond acceptors (Lipinski definition) is 7. The van der Waals surface area contributed by atoms with Gasteiger partial charge in [0.1, 0.15) is 28.2 Å². The minimum Gasteiger partial charge on any atom is -0.383 e. The van der Waals surface area contributed by atoms with Crippen molar-refractivity contribution in [3.05, 3.63) is 41.3 Å². The van der Waals surface area contributed by atoms with E-state index in [2.05, 4.69) is 20.6 Å². The predicted octanol–water partition coefficient (Wildman–Crippen LogP) is 3.78. The molecule has 3 aromatic heterocycles. The molecule has 10 nitrogen and oxygen atoms in total. The molecule has 0 aliphatic rings. The van der Waals surface area contributed by atoms with E-state index in [1.54, 1.807) is 19.1 Å². The van der Waals surface area contributed by atoms with Crippen LogP contribution in [0, 0.1) is 0 Å². The summed E-state index contributed by atoms with van der Waals surface area (Å²) in [4.78, 5) is 28.9. The zero-order valence-corrected chi connectivity index (χ0v) is 19.8. The molecule has 0 aliphatic heterocycles. The smallest absolute Gasteiger partial charge is 0.383 e. The van der Waals surface area contributed by atoms with Crippen molar-refractivity contribution in [3.8, 4) is 11.3 Å². The normalized spacial score (nSPS) is 13.2. The van der Waals surface area contributed by atoms with Gasteiger partial charge in [-0.15, -0.1) is 0 Å². The van der Waals surface area contributed by atoms with Crippen LogP contribution < -0.4 is 16.8 Å². The molecule has 0 saturated carbocycles. The Morgan fingerprint density at radius 2 is 1.83 bits per heavy atom. The molecule has 3 rings (SSSR count). The van der Waals surface area contributed by atoms with E-state index in [-0.39, 0.29) is 34.7 Å². The Balaban J connectivity index is 1.79. The Hall–Kier alpha value is -3.90. The number of nitrogen functional groups attached to an aromatic ring is 1. The molecule has 0 spiro atoms. The highest BCUT2D eigenvalue weighted by Gasteiger charge is 2.50. The quantitative estimate of drug-likeness (QED) is 0.452. The van der Waals surface area contributed by atoms with Crippen molar-refractivity contribution >= 4 is 23.5 Å². The van der Waals surface area contributed by atoms with Gasteiger partial charge in [-0.05, 0) is 46.8 Å². The number of amides is 2. The average Bonchev–Trinajstić information content (AvgIpc) is 3.37. The van der Waals surface area contributed by atoms with Gasteiger partial charge in [-0.3, -0.25) is 19.9 Å². The van der Waals surface area contributed by atoms with Gasteiger partial charge in [-0.2, -0.15) is 18.3 Å². The maximum Gasteiger partial charge on any atom is 0.399 e. The van der Waals surface area contributed by atoms with Gasteiger partial charge in [0.2, 0.25) is 11.8 Å². The van der Waals surface area contributed by atoms with Gasteiger partial charge in [0.05, 0.1) is 11.6 Å². The molecule has 1 unspecified atom stereocenters. The molecule has 0 fully saturated rings. The number of nitrogens with two attached hydrogens (primary N) is 2. The summed E-state index contributed by atoms with van der Waals surface area (Å²) >= 11 is 0. The molecule has 0 saturated heterocycles. The lowest BCUT2D eigenvalue weighted by Crippen LogP contribution is -2.36. The van der Waals surface area contributed by atoms with Crippen LogP contribution >= 0.6 is 0 Å². The van der Waals surface area contributed by atoms with Crippen molar-refractivity contribution in [1.82, 2.24) is 19.9 Å². The number of pyridine rings is 1. The zero-order valence-electron chi connectivity index (χ0n) is 19.8. The molecule has 0 radical (unpaired) electrons. The Kier molecular flexibility index (Phi) is 6.64. The van der Waals surface area contributed by atoms with E-state index in [1.807, 2.05) is 13.8 Å². The molecule has 13 heteroatoms. The van der Waals surface area contributed by atoms with Crippen LogP contribution in [0.5, 0.6) is 0 Å². The Bertz CT molecular complexity index is 1240. The predicted molar refractivity (Wildman–Crippen MR) is 121 cm³/mol. The topological polar surface area (TPSA) is 155 Å². The number of carbonyl (C=O) groups excluding carboxylic acids is 2. The molecule has 188 valence electrons. The van der Waals surface area contributed by atoms with Gasteiger partial charge in [-0.1, -0.05) is 5.16 Å². The lowest BCUT2D eigenvalue weighted by Gasteiger charge is -2.24. The van der Waals surface area contributed by atoms with Crippen molar-refractivity contribution in [2.75, 3.05) is 11.1 Å². The fraction of sp³-hybridized carbons (Fsp3) is 0.409. The molecule has 0 aromatic carbocycles. The maximum atomic E-state index is 13.2. The van der Waals surface area contributed by atoms with E-state index in [0.29, 0.717) is 11.3 Å². The SMILES string of the molecule is CC(C(=O)Nc1cc(C(C)(C)C(F)(F)F)no1)c1ccc(-c2nn(C(C)C)c(N)c2C(N)=O)cn1. The summed E-state index contributed by atoms with van der Waals surface area (Å²) in [5.41, 5.74) is 10.1. The first-order valence-electron chi connectivity index (χ1n) is 10.6. The third kappa shape index (κ3) is 4.84. The van der Waals surface area contributed by atoms with Crippen molar-refractivity contribution < 1.29 is 27.3 Å². The molecule has 0 bridgehead atoms. The standard InChI is InChI=1S/C22H26F3N7O3/c1-10(2)32-18(26)16(19(27)33)17(30-32)12-6-7-13(28-9-12)11(3)20(34)29-15-8-14(31-35-15)21(4,5)22(23,24)25/h6-11H,26H2,1-5H3,(H2,27,33)(H,29,34). The van der Waals surface area contributed by atoms with E-state index in [4.69, 9.17) is 16.0 Å². The number of anilines is 2. The largest absolute Gasteiger partial charge is 0.399 e. The number of nitrogens with zero attached hydrogens (tertiary/aromatic N) is 4. The number of nitrogens with one attached hydrogen (secondary N) is 1. The molecule has 5 N–H and O–H groups in total. The number of rotatable bonds is 7. The molecule has 1 atom stereocenters. The number of carbonyl (C=O) groups is 2. The van der Waals surface area contributed by atoms with Gasteiger partial charge in [0.15, 0.2) is 0 Å². The van der Waals surface area contributed by atoms with Gasteiger partial charge < -0.3 is 16.0 Å². The third-order valence-corrected chi connectivity index (χ3v) is 5.69. The average molecular weight is 493 g/mol. The molecule has 0 aliphatic carbocycles. The summed E-state index contributed by atoms with van der Waals surface area (Å²) < 4.78 is 46.0. The monoisotopic (exact) mass is 493 g/mol. The molecule has 2 amide bonds. The number of hydrogen-bond donors (Lipinski definition) is 3. The fourth-order valence-electron chi connectivity index (χ4n) is 3.23. The summed E-state index contributed by atoms with van der Waals surface area (Å²) in [5, 5.41) is 10.2. The molecular formula is C22H26F3N7O3. The lowest BCUT2D eigenvalue weighted by molar-refractivity contribution is -0.181. The Morgan fingerprint density at radius 1 is 1.17 bits per heavy atom. The first-order chi connectivity index (χ1) is 16.1. The second-order valence-electron chi connectivity index (χ2n) is 8.89. The maximum absolute atomic E-state index is 13.2. The van der Waals surface area contributed by atoms with E-state index in [1.165, 1.54) is 10.9 Å². The minimum absolute atomic E-state index is 0.0712. The Labute approximate surface area is 198 Å². The highest BCUT2D eigenvalue weighted by Crippen LogP contribution is 2.40. The highest BCUT2D eigenvalue weighted by atomic mass is 19.4. The van der Waals surface area contributed by atoms with E-state index >= 15 is 0 Å². The summed E-state index contributed by atoms with van der Waals surface area (Å²) in [7, 11) is 0. The number of aromatic nitrogens is 4. The second kappa shape index (κ2) is 9.04. The number of alkyl halides is 3. The van der Waals surface area contributed by atoms with Gasteiger partial charge >= 0.3 is 6.18 Å². The van der Waals surface area contributed by atoms with Crippen LogP contribution in [0.4, 0.5) is 24.9 Å². The lowest BCUT2D eigenvalue weighted by atomic mass is 9.89. The van der Waals surface area contributed by atoms with Crippen LogP contribution in [0.15, 0.2) is 28.9 Å². The second-order valence-corrected chi connectivity index (χ2v) is 8.89. The van der Waals surface area contributed by atoms with E-state index < -0.39 is 29.3 Å². The van der Waals surface area contributed by atoms with Crippen molar-refractivity contribution in [2.24, 2.45) is 5.73 Å².